The van der Waals surface area contributed by atoms with Gasteiger partial charge in [-0.1, -0.05) is 12.1 Å². The Bertz CT molecular complexity index is 981. The average Bonchev–Trinajstić information content (AvgIpc) is 3.15. The molecule has 5 heteroatoms. The predicted octanol–water partition coefficient (Wildman–Crippen LogP) is 5.41. The molecule has 130 valence electrons. The van der Waals surface area contributed by atoms with Crippen molar-refractivity contribution < 1.29 is 4.74 Å². The first kappa shape index (κ1) is 17.7. The van der Waals surface area contributed by atoms with Crippen molar-refractivity contribution in [3.8, 4) is 23.1 Å². The van der Waals surface area contributed by atoms with E-state index in [1.165, 1.54) is 22.5 Å². The maximum absolute atomic E-state index is 9.52. The number of aromatic nitrogens is 1. The van der Waals surface area contributed by atoms with E-state index in [1.807, 2.05) is 41.8 Å². The molecule has 1 heterocycles. The average molecular weight is 361 g/mol. The Balaban J connectivity index is 1.83. The molecule has 0 aliphatic heterocycles. The van der Waals surface area contributed by atoms with Gasteiger partial charge < -0.3 is 10.1 Å². The van der Waals surface area contributed by atoms with Gasteiger partial charge in [0.15, 0.2) is 0 Å². The van der Waals surface area contributed by atoms with Gasteiger partial charge in [0.05, 0.1) is 12.8 Å². The Morgan fingerprint density at radius 1 is 1.19 bits per heavy atom. The van der Waals surface area contributed by atoms with Crippen molar-refractivity contribution in [1.82, 2.24) is 4.98 Å². The van der Waals surface area contributed by atoms with Gasteiger partial charge in [-0.3, -0.25) is 0 Å². The van der Waals surface area contributed by atoms with Crippen molar-refractivity contribution >= 4 is 22.6 Å². The van der Waals surface area contributed by atoms with Crippen molar-refractivity contribution in [3.05, 3.63) is 70.2 Å². The van der Waals surface area contributed by atoms with E-state index >= 15 is 0 Å². The maximum Gasteiger partial charge on any atom is 0.136 e. The van der Waals surface area contributed by atoms with Gasteiger partial charge in [-0.05, 0) is 55.3 Å². The Labute approximate surface area is 157 Å². The van der Waals surface area contributed by atoms with Crippen LogP contribution in [-0.2, 0) is 0 Å². The van der Waals surface area contributed by atoms with E-state index in [0.717, 1.165) is 22.7 Å². The number of thiazole rings is 1. The normalized spacial score (nSPS) is 11.1. The lowest BCUT2D eigenvalue weighted by atomic mass is 10.1. The summed E-state index contributed by atoms with van der Waals surface area (Å²) in [7, 11) is 1.64. The lowest BCUT2D eigenvalue weighted by Crippen LogP contribution is -1.95. The summed E-state index contributed by atoms with van der Waals surface area (Å²) in [6.45, 7) is 4.13. The van der Waals surface area contributed by atoms with Crippen molar-refractivity contribution in [1.29, 1.82) is 5.26 Å². The number of rotatable bonds is 5. The molecule has 1 N–H and O–H groups in total. The highest BCUT2D eigenvalue weighted by molar-refractivity contribution is 7.11. The second-order valence-electron chi connectivity index (χ2n) is 5.83. The van der Waals surface area contributed by atoms with E-state index in [2.05, 4.69) is 36.3 Å². The second-order valence-corrected chi connectivity index (χ2v) is 6.69. The molecule has 0 aliphatic carbocycles. The van der Waals surface area contributed by atoms with Crippen molar-refractivity contribution in [2.24, 2.45) is 0 Å². The number of allylic oxidation sites excluding steroid dienone is 1. The molecule has 1 aromatic heterocycles. The Kier molecular flexibility index (Phi) is 5.35. The summed E-state index contributed by atoms with van der Waals surface area (Å²) in [6, 6.07) is 16.0. The quantitative estimate of drug-likeness (QED) is 0.617. The molecule has 0 saturated carbocycles. The summed E-state index contributed by atoms with van der Waals surface area (Å²) in [4.78, 5) is 4.61. The minimum absolute atomic E-state index is 0.510. The number of ether oxygens (including phenoxy) is 1. The highest BCUT2D eigenvalue weighted by Gasteiger charge is 2.09. The van der Waals surface area contributed by atoms with E-state index in [1.54, 1.807) is 13.3 Å². The van der Waals surface area contributed by atoms with Crippen molar-refractivity contribution in [3.63, 3.8) is 0 Å². The highest BCUT2D eigenvalue weighted by atomic mass is 32.1. The standard InChI is InChI=1S/C21H19N3OS/c1-14-5-4-6-19(15(14)2)23-12-17(11-22)21-24-20(13-26-21)16-7-9-18(25-3)10-8-16/h4-10,12-13,23H,1-3H3. The van der Waals surface area contributed by atoms with Crippen LogP contribution >= 0.6 is 11.3 Å². The number of methoxy groups -OCH3 is 1. The summed E-state index contributed by atoms with van der Waals surface area (Å²) in [5.74, 6) is 0.805. The number of anilines is 1. The molecule has 0 amide bonds. The third-order valence-electron chi connectivity index (χ3n) is 4.22. The van der Waals surface area contributed by atoms with Crippen molar-refractivity contribution in [2.75, 3.05) is 12.4 Å². The van der Waals surface area contributed by atoms with Crippen LogP contribution in [0, 0.1) is 25.2 Å². The van der Waals surface area contributed by atoms with Gasteiger partial charge in [0.25, 0.3) is 0 Å². The topological polar surface area (TPSA) is 57.9 Å². The van der Waals surface area contributed by atoms with E-state index in [9.17, 15) is 5.26 Å². The molecule has 4 nitrogen and oxygen atoms in total. The van der Waals surface area contributed by atoms with Crippen LogP contribution in [0.2, 0.25) is 0 Å². The number of hydrogen-bond donors (Lipinski definition) is 1. The van der Waals surface area contributed by atoms with Gasteiger partial charge in [-0.2, -0.15) is 5.26 Å². The second kappa shape index (κ2) is 7.85. The molecule has 3 aromatic rings. The molecule has 3 rings (SSSR count). The number of benzene rings is 2. The van der Waals surface area contributed by atoms with Gasteiger partial charge >= 0.3 is 0 Å². The first-order valence-electron chi connectivity index (χ1n) is 8.15. The molecule has 0 bridgehead atoms. The van der Waals surface area contributed by atoms with Crippen LogP contribution in [0.3, 0.4) is 0 Å². The SMILES string of the molecule is COc1ccc(-c2csc(C(C#N)=CNc3cccc(C)c3C)n2)cc1. The molecule has 26 heavy (non-hydrogen) atoms. The summed E-state index contributed by atoms with van der Waals surface area (Å²) in [5, 5.41) is 15.4. The number of nitriles is 1. The summed E-state index contributed by atoms with van der Waals surface area (Å²) >= 11 is 1.46. The van der Waals surface area contributed by atoms with Crippen LogP contribution < -0.4 is 10.1 Å². The summed E-state index contributed by atoms with van der Waals surface area (Å²) < 4.78 is 5.18. The van der Waals surface area contributed by atoms with Crippen LogP contribution in [0.5, 0.6) is 5.75 Å². The fraction of sp³-hybridized carbons (Fsp3) is 0.143. The Morgan fingerprint density at radius 2 is 1.96 bits per heavy atom. The molecule has 0 fully saturated rings. The molecule has 0 radical (unpaired) electrons. The van der Waals surface area contributed by atoms with E-state index in [0.29, 0.717) is 10.6 Å². The Morgan fingerprint density at radius 3 is 2.65 bits per heavy atom. The van der Waals surface area contributed by atoms with E-state index < -0.39 is 0 Å². The molecule has 0 saturated heterocycles. The lowest BCUT2D eigenvalue weighted by Gasteiger charge is -2.08. The van der Waals surface area contributed by atoms with Gasteiger partial charge in [0.1, 0.15) is 22.4 Å². The van der Waals surface area contributed by atoms with Gasteiger partial charge in [-0.15, -0.1) is 11.3 Å². The number of aryl methyl sites for hydroxylation is 1. The minimum Gasteiger partial charge on any atom is -0.497 e. The monoisotopic (exact) mass is 361 g/mol. The fourth-order valence-electron chi connectivity index (χ4n) is 2.49. The zero-order valence-electron chi connectivity index (χ0n) is 14.9. The predicted molar refractivity (Wildman–Crippen MR) is 107 cm³/mol. The minimum atomic E-state index is 0.510. The zero-order valence-corrected chi connectivity index (χ0v) is 15.7. The van der Waals surface area contributed by atoms with Gasteiger partial charge in [-0.25, -0.2) is 4.98 Å². The maximum atomic E-state index is 9.52. The highest BCUT2D eigenvalue weighted by Crippen LogP contribution is 2.27. The summed E-state index contributed by atoms with van der Waals surface area (Å²) in [5.41, 5.74) is 5.71. The van der Waals surface area contributed by atoms with Crippen molar-refractivity contribution in [2.45, 2.75) is 13.8 Å². The van der Waals surface area contributed by atoms with Crippen LogP contribution in [0.15, 0.2) is 54.0 Å². The first-order chi connectivity index (χ1) is 12.6. The number of hydrogen-bond acceptors (Lipinski definition) is 5. The van der Waals surface area contributed by atoms with E-state index in [-0.39, 0.29) is 0 Å². The van der Waals surface area contributed by atoms with Gasteiger partial charge in [0.2, 0.25) is 0 Å². The molecule has 0 spiro atoms. The van der Waals surface area contributed by atoms with Crippen LogP contribution in [0.25, 0.3) is 16.8 Å². The molecule has 0 unspecified atom stereocenters. The van der Waals surface area contributed by atoms with E-state index in [4.69, 9.17) is 4.74 Å². The third kappa shape index (κ3) is 3.76. The fourth-order valence-corrected chi connectivity index (χ4v) is 3.29. The molecular weight excluding hydrogens is 342 g/mol. The van der Waals surface area contributed by atoms with Gasteiger partial charge in [0, 0.05) is 22.8 Å². The number of nitrogens with one attached hydrogen (secondary N) is 1. The Hall–Kier alpha value is -3.10. The third-order valence-corrected chi connectivity index (χ3v) is 5.09. The zero-order chi connectivity index (χ0) is 18.5. The summed E-state index contributed by atoms with van der Waals surface area (Å²) in [6.07, 6.45) is 1.72. The molecule has 0 aliphatic rings. The van der Waals surface area contributed by atoms with Crippen LogP contribution in [0.1, 0.15) is 16.1 Å². The molecule has 2 aromatic carbocycles. The lowest BCUT2D eigenvalue weighted by molar-refractivity contribution is 0.415. The first-order valence-corrected chi connectivity index (χ1v) is 9.03. The van der Waals surface area contributed by atoms with Crippen LogP contribution in [0.4, 0.5) is 5.69 Å². The molecule has 0 atom stereocenters. The van der Waals surface area contributed by atoms with Crippen LogP contribution in [-0.4, -0.2) is 12.1 Å². The largest absolute Gasteiger partial charge is 0.497 e. The molecular formula is C21H19N3OS. The smallest absolute Gasteiger partial charge is 0.136 e. The number of nitrogens with zero attached hydrogens (tertiary/aromatic N) is 2.